The van der Waals surface area contributed by atoms with Crippen LogP contribution in [-0.2, 0) is 4.79 Å². The van der Waals surface area contributed by atoms with E-state index in [9.17, 15) is 9.18 Å². The lowest BCUT2D eigenvalue weighted by atomic mass is 9.69. The van der Waals surface area contributed by atoms with Gasteiger partial charge in [-0.05, 0) is 37.0 Å². The van der Waals surface area contributed by atoms with E-state index >= 15 is 0 Å². The predicted octanol–water partition coefficient (Wildman–Crippen LogP) is 5.16. The Morgan fingerprint density at radius 3 is 2.83 bits per heavy atom. The van der Waals surface area contributed by atoms with Crippen LogP contribution < -0.4 is 5.32 Å². The Balaban J connectivity index is 1.88. The molecular weight excluding hydrogens is 345 g/mol. The molecule has 0 amide bonds. The Hall–Kier alpha value is -1.26. The van der Waals surface area contributed by atoms with Crippen molar-refractivity contribution < 1.29 is 9.18 Å². The summed E-state index contributed by atoms with van der Waals surface area (Å²) >= 11 is 7.63. The molecule has 2 nitrogen and oxygen atoms in total. The number of thioether (sulfide) groups is 1. The second-order valence-corrected chi connectivity index (χ2v) is 8.82. The van der Waals surface area contributed by atoms with E-state index in [0.717, 1.165) is 41.8 Å². The van der Waals surface area contributed by atoms with Gasteiger partial charge in [0.05, 0.1) is 5.02 Å². The standard InChI is InChI=1S/C19H19ClFNOS/c1-19(2)7-5-13-16(18(19)23)15(17-14(22-13)6-8-24-17)10-3-4-11(20)12(21)9-10/h3-4,9,15,22H,5-8H2,1-2H3. The first-order valence-corrected chi connectivity index (χ1v) is 9.60. The van der Waals surface area contributed by atoms with Gasteiger partial charge in [0.25, 0.3) is 0 Å². The zero-order valence-electron chi connectivity index (χ0n) is 13.7. The van der Waals surface area contributed by atoms with Crippen molar-refractivity contribution in [2.45, 2.75) is 39.0 Å². The number of hydrogen-bond acceptors (Lipinski definition) is 3. The first kappa shape index (κ1) is 16.2. The minimum Gasteiger partial charge on any atom is -0.361 e. The molecule has 2 heterocycles. The summed E-state index contributed by atoms with van der Waals surface area (Å²) in [5.74, 6) is 0.586. The van der Waals surface area contributed by atoms with Crippen molar-refractivity contribution in [1.29, 1.82) is 0 Å². The van der Waals surface area contributed by atoms with Crippen LogP contribution >= 0.6 is 23.4 Å². The molecule has 0 bridgehead atoms. The fourth-order valence-electron chi connectivity index (χ4n) is 3.80. The molecule has 1 N–H and O–H groups in total. The highest BCUT2D eigenvalue weighted by Gasteiger charge is 2.44. The van der Waals surface area contributed by atoms with Crippen LogP contribution in [0.15, 0.2) is 40.1 Å². The molecule has 0 spiro atoms. The number of rotatable bonds is 1. The van der Waals surface area contributed by atoms with Gasteiger partial charge in [-0.3, -0.25) is 4.79 Å². The van der Waals surface area contributed by atoms with Gasteiger partial charge in [0.2, 0.25) is 0 Å². The van der Waals surface area contributed by atoms with Crippen molar-refractivity contribution in [3.63, 3.8) is 0 Å². The van der Waals surface area contributed by atoms with Gasteiger partial charge in [0.1, 0.15) is 5.82 Å². The van der Waals surface area contributed by atoms with Crippen LogP contribution in [0, 0.1) is 11.2 Å². The first-order chi connectivity index (χ1) is 11.4. The lowest BCUT2D eigenvalue weighted by molar-refractivity contribution is -0.124. The molecule has 0 aromatic heterocycles. The molecule has 4 rings (SSSR count). The highest BCUT2D eigenvalue weighted by molar-refractivity contribution is 8.03. The molecule has 0 saturated carbocycles. The largest absolute Gasteiger partial charge is 0.361 e. The van der Waals surface area contributed by atoms with E-state index in [4.69, 9.17) is 11.6 Å². The monoisotopic (exact) mass is 363 g/mol. The van der Waals surface area contributed by atoms with Crippen LogP contribution in [0.2, 0.25) is 5.02 Å². The zero-order chi connectivity index (χ0) is 17.1. The number of benzene rings is 1. The van der Waals surface area contributed by atoms with Crippen LogP contribution in [0.3, 0.4) is 0 Å². The SMILES string of the molecule is CC1(C)CCC2=C(C1=O)C(c1ccc(Cl)c(F)c1)C1=C(CCS1)N2. The first-order valence-electron chi connectivity index (χ1n) is 8.24. The number of carbonyl (C=O) groups is 1. The Morgan fingerprint density at radius 1 is 1.29 bits per heavy atom. The molecule has 5 heteroatoms. The van der Waals surface area contributed by atoms with Gasteiger partial charge in [-0.15, -0.1) is 11.8 Å². The van der Waals surface area contributed by atoms with E-state index in [1.165, 1.54) is 16.7 Å². The number of ketones is 1. The maximum Gasteiger partial charge on any atom is 0.167 e. The minimum absolute atomic E-state index is 0.116. The Kier molecular flexibility index (Phi) is 3.81. The molecule has 1 atom stereocenters. The average Bonchev–Trinajstić information content (AvgIpc) is 3.00. The second-order valence-electron chi connectivity index (χ2n) is 7.28. The highest BCUT2D eigenvalue weighted by Crippen LogP contribution is 2.52. The van der Waals surface area contributed by atoms with E-state index in [1.54, 1.807) is 17.8 Å². The van der Waals surface area contributed by atoms with E-state index in [0.29, 0.717) is 0 Å². The third-order valence-electron chi connectivity index (χ3n) is 5.22. The van der Waals surface area contributed by atoms with Gasteiger partial charge in [-0.2, -0.15) is 0 Å². The van der Waals surface area contributed by atoms with Crippen molar-refractivity contribution in [3.05, 3.63) is 56.5 Å². The molecule has 0 fully saturated rings. The summed E-state index contributed by atoms with van der Waals surface area (Å²) in [5.41, 5.74) is 3.50. The maximum absolute atomic E-state index is 14.1. The number of allylic oxidation sites excluding steroid dienone is 4. The fourth-order valence-corrected chi connectivity index (χ4v) is 5.19. The Morgan fingerprint density at radius 2 is 2.08 bits per heavy atom. The van der Waals surface area contributed by atoms with Crippen LogP contribution in [0.1, 0.15) is 44.6 Å². The van der Waals surface area contributed by atoms with Crippen LogP contribution in [0.4, 0.5) is 4.39 Å². The molecule has 2 aliphatic heterocycles. The van der Waals surface area contributed by atoms with Crippen molar-refractivity contribution in [1.82, 2.24) is 5.32 Å². The van der Waals surface area contributed by atoms with Gasteiger partial charge < -0.3 is 5.32 Å². The van der Waals surface area contributed by atoms with E-state index in [-0.39, 0.29) is 22.1 Å². The summed E-state index contributed by atoms with van der Waals surface area (Å²) in [6.45, 7) is 4.01. The van der Waals surface area contributed by atoms with Crippen LogP contribution in [0.25, 0.3) is 0 Å². The lowest BCUT2D eigenvalue weighted by Gasteiger charge is -2.39. The molecule has 3 aliphatic rings. The number of carbonyl (C=O) groups excluding carboxylic acids is 1. The molecule has 24 heavy (non-hydrogen) atoms. The lowest BCUT2D eigenvalue weighted by Crippen LogP contribution is -2.38. The summed E-state index contributed by atoms with van der Waals surface area (Å²) in [6, 6.07) is 4.93. The average molecular weight is 364 g/mol. The zero-order valence-corrected chi connectivity index (χ0v) is 15.3. The minimum atomic E-state index is -0.428. The maximum atomic E-state index is 14.1. The summed E-state index contributed by atoms with van der Waals surface area (Å²) in [4.78, 5) is 14.3. The predicted molar refractivity (Wildman–Crippen MR) is 96.4 cm³/mol. The number of nitrogens with one attached hydrogen (secondary N) is 1. The third-order valence-corrected chi connectivity index (χ3v) is 6.73. The topological polar surface area (TPSA) is 29.1 Å². The summed E-state index contributed by atoms with van der Waals surface area (Å²) in [7, 11) is 0. The van der Waals surface area contributed by atoms with E-state index in [1.807, 2.05) is 19.9 Å². The fraction of sp³-hybridized carbons (Fsp3) is 0.421. The molecule has 126 valence electrons. The van der Waals surface area contributed by atoms with Crippen LogP contribution in [0.5, 0.6) is 0 Å². The van der Waals surface area contributed by atoms with Crippen molar-refractivity contribution in [2.24, 2.45) is 5.41 Å². The van der Waals surface area contributed by atoms with Gasteiger partial charge in [0, 0.05) is 39.0 Å². The Bertz CT molecular complexity index is 812. The van der Waals surface area contributed by atoms with E-state index < -0.39 is 5.82 Å². The normalized spacial score (nSPS) is 25.5. The molecular formula is C19H19ClFNOS. The van der Waals surface area contributed by atoms with Gasteiger partial charge in [-0.1, -0.05) is 31.5 Å². The number of hydrogen-bond donors (Lipinski definition) is 1. The number of dihydropyridines is 1. The molecule has 1 unspecified atom stereocenters. The van der Waals surface area contributed by atoms with Gasteiger partial charge in [-0.25, -0.2) is 4.39 Å². The Labute approximate surface area is 150 Å². The molecule has 1 aliphatic carbocycles. The van der Waals surface area contributed by atoms with E-state index in [2.05, 4.69) is 5.32 Å². The molecule has 0 radical (unpaired) electrons. The van der Waals surface area contributed by atoms with Gasteiger partial charge >= 0.3 is 0 Å². The van der Waals surface area contributed by atoms with Crippen LogP contribution in [-0.4, -0.2) is 11.5 Å². The number of halogens is 2. The molecule has 1 aromatic rings. The quantitative estimate of drug-likeness (QED) is 0.747. The molecule has 0 saturated heterocycles. The highest BCUT2D eigenvalue weighted by atomic mass is 35.5. The second kappa shape index (κ2) is 5.63. The molecule has 1 aromatic carbocycles. The number of Topliss-reactive ketones (excluding diaryl/α,β-unsaturated/α-hetero) is 1. The van der Waals surface area contributed by atoms with Crippen molar-refractivity contribution in [2.75, 3.05) is 5.75 Å². The van der Waals surface area contributed by atoms with Crippen molar-refractivity contribution in [3.8, 4) is 0 Å². The summed E-state index contributed by atoms with van der Waals surface area (Å²) < 4.78 is 14.1. The van der Waals surface area contributed by atoms with Gasteiger partial charge in [0.15, 0.2) is 5.78 Å². The summed E-state index contributed by atoms with van der Waals surface area (Å²) in [5, 5.41) is 3.63. The summed E-state index contributed by atoms with van der Waals surface area (Å²) in [6.07, 6.45) is 2.68. The van der Waals surface area contributed by atoms with Crippen molar-refractivity contribution >= 4 is 29.1 Å². The third kappa shape index (κ3) is 2.42. The smallest absolute Gasteiger partial charge is 0.167 e.